The summed E-state index contributed by atoms with van der Waals surface area (Å²) in [5.41, 5.74) is 0.570. The van der Waals surface area contributed by atoms with Crippen molar-refractivity contribution in [2.75, 3.05) is 18.1 Å². The van der Waals surface area contributed by atoms with Crippen LogP contribution in [0.15, 0.2) is 0 Å². The van der Waals surface area contributed by atoms with Crippen molar-refractivity contribution in [1.29, 1.82) is 0 Å². The lowest BCUT2D eigenvalue weighted by Crippen LogP contribution is -2.35. The number of aliphatic hydroxyl groups is 1. The first kappa shape index (κ1) is 15.4. The molecule has 0 aliphatic heterocycles. The first-order chi connectivity index (χ1) is 8.93. The van der Waals surface area contributed by atoms with Gasteiger partial charge in [-0.3, -0.25) is 10.1 Å². The molecular formula is C12H22N4O3. The Morgan fingerprint density at radius 3 is 2.58 bits per heavy atom. The molecule has 0 unspecified atom stereocenters. The Morgan fingerprint density at radius 1 is 1.53 bits per heavy atom. The number of hydrogen-bond donors (Lipinski definition) is 1. The molecule has 0 fully saturated rings. The summed E-state index contributed by atoms with van der Waals surface area (Å²) in [4.78, 5) is 12.8. The van der Waals surface area contributed by atoms with E-state index in [9.17, 15) is 10.1 Å². The minimum Gasteiger partial charge on any atom is -0.395 e. The predicted molar refractivity (Wildman–Crippen MR) is 73.4 cm³/mol. The molecule has 19 heavy (non-hydrogen) atoms. The Morgan fingerprint density at radius 2 is 2.16 bits per heavy atom. The summed E-state index contributed by atoms with van der Waals surface area (Å²) in [6, 6.07) is 0.0516. The number of nitrogens with zero attached hydrogens (tertiary/aromatic N) is 4. The van der Waals surface area contributed by atoms with Crippen LogP contribution in [-0.4, -0.2) is 39.0 Å². The van der Waals surface area contributed by atoms with Crippen LogP contribution in [0.1, 0.15) is 32.9 Å². The van der Waals surface area contributed by atoms with Crippen LogP contribution in [0, 0.1) is 10.1 Å². The summed E-state index contributed by atoms with van der Waals surface area (Å²) in [6.07, 6.45) is 1.38. The molecule has 0 amide bonds. The van der Waals surface area contributed by atoms with Crippen molar-refractivity contribution in [1.82, 2.24) is 9.78 Å². The highest BCUT2D eigenvalue weighted by molar-refractivity contribution is 5.62. The Labute approximate surface area is 113 Å². The van der Waals surface area contributed by atoms with Crippen molar-refractivity contribution in [2.24, 2.45) is 7.05 Å². The molecular weight excluding hydrogens is 248 g/mol. The second-order valence-corrected chi connectivity index (χ2v) is 4.76. The fourth-order valence-electron chi connectivity index (χ4n) is 2.19. The predicted octanol–water partition coefficient (Wildman–Crippen LogP) is 1.49. The summed E-state index contributed by atoms with van der Waals surface area (Å²) in [7, 11) is 1.70. The highest BCUT2D eigenvalue weighted by atomic mass is 16.6. The van der Waals surface area contributed by atoms with Gasteiger partial charge in [0.05, 0.1) is 11.5 Å². The van der Waals surface area contributed by atoms with Crippen molar-refractivity contribution in [3.63, 3.8) is 0 Å². The van der Waals surface area contributed by atoms with Crippen LogP contribution in [0.25, 0.3) is 0 Å². The lowest BCUT2D eigenvalue weighted by molar-refractivity contribution is -0.384. The van der Waals surface area contributed by atoms with Crippen LogP contribution < -0.4 is 4.90 Å². The van der Waals surface area contributed by atoms with E-state index >= 15 is 0 Å². The number of rotatable bonds is 7. The zero-order valence-corrected chi connectivity index (χ0v) is 12.0. The third-order valence-electron chi connectivity index (χ3n) is 2.97. The lowest BCUT2D eigenvalue weighted by atomic mass is 10.2. The Balaban J connectivity index is 3.34. The summed E-state index contributed by atoms with van der Waals surface area (Å²) in [6.45, 7) is 6.14. The van der Waals surface area contributed by atoms with Gasteiger partial charge < -0.3 is 10.0 Å². The van der Waals surface area contributed by atoms with Gasteiger partial charge in [0, 0.05) is 19.6 Å². The normalized spacial score (nSPS) is 11.1. The van der Waals surface area contributed by atoms with E-state index in [4.69, 9.17) is 5.11 Å². The van der Waals surface area contributed by atoms with Gasteiger partial charge in [-0.25, -0.2) is 4.68 Å². The maximum atomic E-state index is 11.3. The lowest BCUT2D eigenvalue weighted by Gasteiger charge is -2.26. The summed E-state index contributed by atoms with van der Waals surface area (Å²) < 4.78 is 1.54. The molecule has 0 saturated heterocycles. The average Bonchev–Trinajstić information content (AvgIpc) is 2.63. The minimum absolute atomic E-state index is 0.0516. The van der Waals surface area contributed by atoms with Gasteiger partial charge in [-0.2, -0.15) is 5.10 Å². The molecule has 7 nitrogen and oxygen atoms in total. The van der Waals surface area contributed by atoms with Crippen LogP contribution >= 0.6 is 0 Å². The largest absolute Gasteiger partial charge is 0.395 e. The number of hydrogen-bond acceptors (Lipinski definition) is 5. The molecule has 0 bridgehead atoms. The van der Waals surface area contributed by atoms with Gasteiger partial charge in [0.25, 0.3) is 0 Å². The summed E-state index contributed by atoms with van der Waals surface area (Å²) in [5, 5.41) is 24.7. The zero-order valence-electron chi connectivity index (χ0n) is 12.0. The maximum absolute atomic E-state index is 11.3. The fourth-order valence-corrected chi connectivity index (χ4v) is 2.19. The van der Waals surface area contributed by atoms with Gasteiger partial charge in [-0.05, 0) is 20.3 Å². The summed E-state index contributed by atoms with van der Waals surface area (Å²) >= 11 is 0. The molecule has 0 saturated carbocycles. The minimum atomic E-state index is -0.375. The SMILES string of the molecule is CCCc1nn(C)c(N(CCO)C(C)C)c1[N+](=O)[O-]. The second-order valence-electron chi connectivity index (χ2n) is 4.76. The Kier molecular flexibility index (Phi) is 5.29. The number of aromatic nitrogens is 2. The molecule has 108 valence electrons. The van der Waals surface area contributed by atoms with Crippen LogP contribution in [0.3, 0.4) is 0 Å². The molecule has 1 heterocycles. The topological polar surface area (TPSA) is 84.4 Å². The zero-order chi connectivity index (χ0) is 14.6. The van der Waals surface area contributed by atoms with Gasteiger partial charge in [-0.15, -0.1) is 0 Å². The van der Waals surface area contributed by atoms with Gasteiger partial charge in [-0.1, -0.05) is 13.3 Å². The highest BCUT2D eigenvalue weighted by Crippen LogP contribution is 2.33. The van der Waals surface area contributed by atoms with Gasteiger partial charge in [0.15, 0.2) is 0 Å². The molecule has 1 aromatic rings. The van der Waals surface area contributed by atoms with Gasteiger partial charge in [0.1, 0.15) is 5.69 Å². The van der Waals surface area contributed by atoms with Crippen LogP contribution in [0.5, 0.6) is 0 Å². The van der Waals surface area contributed by atoms with E-state index in [2.05, 4.69) is 5.10 Å². The maximum Gasteiger partial charge on any atom is 0.334 e. The van der Waals surface area contributed by atoms with E-state index in [0.29, 0.717) is 24.5 Å². The van der Waals surface area contributed by atoms with E-state index in [0.717, 1.165) is 6.42 Å². The van der Waals surface area contributed by atoms with Crippen LogP contribution in [-0.2, 0) is 13.5 Å². The fraction of sp³-hybridized carbons (Fsp3) is 0.750. The molecule has 1 N–H and O–H groups in total. The Bertz CT molecular complexity index is 442. The molecule has 0 radical (unpaired) electrons. The van der Waals surface area contributed by atoms with E-state index in [-0.39, 0.29) is 23.3 Å². The molecule has 1 rings (SSSR count). The smallest absolute Gasteiger partial charge is 0.334 e. The van der Waals surface area contributed by atoms with E-state index < -0.39 is 0 Å². The van der Waals surface area contributed by atoms with Gasteiger partial charge in [0.2, 0.25) is 5.82 Å². The standard InChI is InChI=1S/C12H22N4O3/c1-5-6-10-11(16(18)19)12(14(4)13-10)15(7-8-17)9(2)3/h9,17H,5-8H2,1-4H3. The molecule has 0 aromatic carbocycles. The van der Waals surface area contributed by atoms with Crippen molar-refractivity contribution in [3.8, 4) is 0 Å². The number of anilines is 1. The number of nitro groups is 1. The van der Waals surface area contributed by atoms with Crippen molar-refractivity contribution in [2.45, 2.75) is 39.7 Å². The molecule has 0 atom stereocenters. The molecule has 0 aliphatic rings. The molecule has 0 spiro atoms. The van der Waals surface area contributed by atoms with Crippen molar-refractivity contribution >= 4 is 11.5 Å². The van der Waals surface area contributed by atoms with Crippen molar-refractivity contribution in [3.05, 3.63) is 15.8 Å². The van der Waals surface area contributed by atoms with E-state index in [1.165, 1.54) is 0 Å². The summed E-state index contributed by atoms with van der Waals surface area (Å²) in [5.74, 6) is 0.470. The third kappa shape index (κ3) is 3.23. The van der Waals surface area contributed by atoms with E-state index in [1.54, 1.807) is 11.7 Å². The second kappa shape index (κ2) is 6.51. The molecule has 1 aromatic heterocycles. The first-order valence-corrected chi connectivity index (χ1v) is 6.51. The quantitative estimate of drug-likeness (QED) is 0.599. The van der Waals surface area contributed by atoms with Crippen molar-refractivity contribution < 1.29 is 10.0 Å². The number of aryl methyl sites for hydroxylation is 2. The monoisotopic (exact) mass is 270 g/mol. The highest BCUT2D eigenvalue weighted by Gasteiger charge is 2.30. The Hall–Kier alpha value is -1.63. The van der Waals surface area contributed by atoms with E-state index in [1.807, 2.05) is 25.7 Å². The number of aliphatic hydroxyl groups excluding tert-OH is 1. The molecule has 7 heteroatoms. The van der Waals surface area contributed by atoms with Crippen LogP contribution in [0.2, 0.25) is 0 Å². The third-order valence-corrected chi connectivity index (χ3v) is 2.97. The van der Waals surface area contributed by atoms with Gasteiger partial charge >= 0.3 is 5.69 Å². The first-order valence-electron chi connectivity index (χ1n) is 6.51. The van der Waals surface area contributed by atoms with Crippen LogP contribution in [0.4, 0.5) is 11.5 Å². The molecule has 0 aliphatic carbocycles. The average molecular weight is 270 g/mol.